The van der Waals surface area contributed by atoms with Gasteiger partial charge in [0, 0.05) is 30.8 Å². The Bertz CT molecular complexity index is 691. The van der Waals surface area contributed by atoms with Gasteiger partial charge >= 0.3 is 6.03 Å². The second-order valence-corrected chi connectivity index (χ2v) is 5.40. The number of anilines is 1. The predicted molar refractivity (Wildman–Crippen MR) is 83.9 cm³/mol. The van der Waals surface area contributed by atoms with Crippen LogP contribution in [0.5, 0.6) is 0 Å². The van der Waals surface area contributed by atoms with Crippen molar-refractivity contribution in [3.63, 3.8) is 0 Å². The minimum absolute atomic E-state index is 0.0901. The molecule has 6 nitrogen and oxygen atoms in total. The molecule has 1 saturated carbocycles. The number of benzene rings is 1. The second-order valence-electron chi connectivity index (χ2n) is 5.40. The Hall–Kier alpha value is -2.34. The van der Waals surface area contributed by atoms with Crippen LogP contribution in [0, 0.1) is 0 Å². The first-order valence-corrected chi connectivity index (χ1v) is 7.39. The summed E-state index contributed by atoms with van der Waals surface area (Å²) in [4.78, 5) is 18.1. The zero-order valence-electron chi connectivity index (χ0n) is 12.3. The fourth-order valence-corrected chi connectivity index (χ4v) is 2.28. The maximum absolute atomic E-state index is 12.2. The summed E-state index contributed by atoms with van der Waals surface area (Å²) in [6.07, 6.45) is 3.89. The van der Waals surface area contributed by atoms with Crippen LogP contribution in [0.4, 0.5) is 10.5 Å². The zero-order chi connectivity index (χ0) is 15.5. The minimum atomic E-state index is -0.282. The topological polar surface area (TPSA) is 78.6 Å². The highest BCUT2D eigenvalue weighted by molar-refractivity contribution is 5.91. The lowest BCUT2D eigenvalue weighted by atomic mass is 10.3. The molecule has 0 atom stereocenters. The van der Waals surface area contributed by atoms with Gasteiger partial charge in [0.15, 0.2) is 11.5 Å². The molecule has 0 spiro atoms. The molecule has 1 aromatic carbocycles. The molecule has 1 aromatic heterocycles. The van der Waals surface area contributed by atoms with Crippen LogP contribution in [0.25, 0.3) is 11.1 Å². The highest BCUT2D eigenvalue weighted by Crippen LogP contribution is 2.40. The van der Waals surface area contributed by atoms with Gasteiger partial charge in [0.1, 0.15) is 5.52 Å². The van der Waals surface area contributed by atoms with Gasteiger partial charge in [-0.25, -0.2) is 9.78 Å². The predicted octanol–water partition coefficient (Wildman–Crippen LogP) is 2.72. The van der Waals surface area contributed by atoms with E-state index in [1.54, 1.807) is 18.2 Å². The largest absolute Gasteiger partial charge is 0.440 e. The summed E-state index contributed by atoms with van der Waals surface area (Å²) >= 11 is 0. The van der Waals surface area contributed by atoms with E-state index in [2.05, 4.69) is 16.9 Å². The first kappa shape index (κ1) is 14.6. The summed E-state index contributed by atoms with van der Waals surface area (Å²) in [6, 6.07) is 5.13. The molecular formula is C16H19N3O3. The van der Waals surface area contributed by atoms with E-state index in [0.29, 0.717) is 23.7 Å². The Morgan fingerprint density at radius 3 is 3.05 bits per heavy atom. The third kappa shape index (κ3) is 3.12. The van der Waals surface area contributed by atoms with Gasteiger partial charge in [0.25, 0.3) is 0 Å². The zero-order valence-corrected chi connectivity index (χ0v) is 12.3. The number of aliphatic hydroxyl groups excluding tert-OH is 1. The van der Waals surface area contributed by atoms with Crippen molar-refractivity contribution in [1.29, 1.82) is 0 Å². The molecule has 0 aliphatic heterocycles. The number of amides is 2. The number of oxazole rings is 1. The fourth-order valence-electron chi connectivity index (χ4n) is 2.28. The van der Waals surface area contributed by atoms with Gasteiger partial charge in [-0.15, -0.1) is 6.58 Å². The molecule has 1 aliphatic carbocycles. The summed E-state index contributed by atoms with van der Waals surface area (Å²) < 4.78 is 5.74. The van der Waals surface area contributed by atoms with Gasteiger partial charge < -0.3 is 19.7 Å². The van der Waals surface area contributed by atoms with Gasteiger partial charge in [0.05, 0.1) is 6.61 Å². The number of carbonyl (C=O) groups is 1. The van der Waals surface area contributed by atoms with Crippen molar-refractivity contribution in [3.8, 4) is 0 Å². The first-order chi connectivity index (χ1) is 10.7. The van der Waals surface area contributed by atoms with E-state index < -0.39 is 0 Å². The van der Waals surface area contributed by atoms with Crippen molar-refractivity contribution in [2.45, 2.75) is 18.8 Å². The molecule has 1 aliphatic rings. The normalized spacial score (nSPS) is 14.0. The lowest BCUT2D eigenvalue weighted by Gasteiger charge is -2.20. The van der Waals surface area contributed by atoms with Crippen LogP contribution < -0.4 is 5.32 Å². The number of aliphatic hydroxyl groups is 1. The van der Waals surface area contributed by atoms with Crippen LogP contribution in [0.15, 0.2) is 35.3 Å². The molecule has 2 N–H and O–H groups in total. The van der Waals surface area contributed by atoms with E-state index in [9.17, 15) is 4.79 Å². The Labute approximate surface area is 128 Å². The summed E-state index contributed by atoms with van der Waals surface area (Å²) in [6.45, 7) is 4.16. The number of fused-ring (bicyclic) bond motifs is 1. The molecule has 116 valence electrons. The average molecular weight is 301 g/mol. The number of rotatable bonds is 6. The molecule has 0 saturated heterocycles. The number of hydrogen-bond acceptors (Lipinski definition) is 4. The summed E-state index contributed by atoms with van der Waals surface area (Å²) in [7, 11) is 0. The number of nitrogens with zero attached hydrogens (tertiary/aromatic N) is 2. The van der Waals surface area contributed by atoms with Crippen LogP contribution >= 0.6 is 0 Å². The van der Waals surface area contributed by atoms with Gasteiger partial charge in [-0.1, -0.05) is 6.08 Å². The first-order valence-electron chi connectivity index (χ1n) is 7.39. The van der Waals surface area contributed by atoms with Gasteiger partial charge in [-0.2, -0.15) is 0 Å². The summed E-state index contributed by atoms with van der Waals surface area (Å²) in [5.41, 5.74) is 2.12. The maximum Gasteiger partial charge on any atom is 0.322 e. The smallest absolute Gasteiger partial charge is 0.322 e. The van der Waals surface area contributed by atoms with Crippen molar-refractivity contribution < 1.29 is 14.3 Å². The van der Waals surface area contributed by atoms with Crippen LogP contribution in [-0.4, -0.2) is 40.7 Å². The SMILES string of the molecule is C=CCN(CCO)C(=O)Nc1ccc2nc(C3CC3)oc2c1. The molecular weight excluding hydrogens is 282 g/mol. The molecule has 2 amide bonds. The Balaban J connectivity index is 1.74. The number of urea groups is 1. The van der Waals surface area contributed by atoms with Crippen LogP contribution in [-0.2, 0) is 0 Å². The highest BCUT2D eigenvalue weighted by atomic mass is 16.3. The van der Waals surface area contributed by atoms with E-state index in [0.717, 1.165) is 24.2 Å². The molecule has 3 rings (SSSR count). The second kappa shape index (κ2) is 6.19. The Morgan fingerprint density at radius 1 is 1.55 bits per heavy atom. The quantitative estimate of drug-likeness (QED) is 0.804. The number of aromatic nitrogens is 1. The molecule has 0 bridgehead atoms. The van der Waals surface area contributed by atoms with Crippen molar-refractivity contribution in [2.24, 2.45) is 0 Å². The lowest BCUT2D eigenvalue weighted by Crippen LogP contribution is -2.37. The Morgan fingerprint density at radius 2 is 2.36 bits per heavy atom. The third-order valence-electron chi connectivity index (χ3n) is 3.59. The maximum atomic E-state index is 12.2. The van der Waals surface area contributed by atoms with Crippen molar-refractivity contribution in [1.82, 2.24) is 9.88 Å². The number of carbonyl (C=O) groups excluding carboxylic acids is 1. The molecule has 1 fully saturated rings. The highest BCUT2D eigenvalue weighted by Gasteiger charge is 2.28. The van der Waals surface area contributed by atoms with Gasteiger partial charge in [0.2, 0.25) is 0 Å². The Kier molecular flexibility index (Phi) is 4.11. The molecule has 6 heteroatoms. The van der Waals surface area contributed by atoms with Crippen molar-refractivity contribution >= 4 is 22.8 Å². The van der Waals surface area contributed by atoms with Gasteiger partial charge in [-0.05, 0) is 25.0 Å². The number of hydrogen-bond donors (Lipinski definition) is 2. The van der Waals surface area contributed by atoms with Gasteiger partial charge in [-0.3, -0.25) is 0 Å². The molecule has 0 radical (unpaired) electrons. The van der Waals surface area contributed by atoms with E-state index in [1.165, 1.54) is 4.90 Å². The van der Waals surface area contributed by atoms with Crippen LogP contribution in [0.1, 0.15) is 24.7 Å². The fraction of sp³-hybridized carbons (Fsp3) is 0.375. The van der Waals surface area contributed by atoms with Crippen LogP contribution in [0.3, 0.4) is 0 Å². The summed E-state index contributed by atoms with van der Waals surface area (Å²) in [5.74, 6) is 1.24. The van der Waals surface area contributed by atoms with E-state index in [-0.39, 0.29) is 19.2 Å². The van der Waals surface area contributed by atoms with E-state index in [4.69, 9.17) is 9.52 Å². The lowest BCUT2D eigenvalue weighted by molar-refractivity contribution is 0.195. The monoisotopic (exact) mass is 301 g/mol. The summed E-state index contributed by atoms with van der Waals surface area (Å²) in [5, 5.41) is 11.8. The molecule has 0 unspecified atom stereocenters. The van der Waals surface area contributed by atoms with Crippen LogP contribution in [0.2, 0.25) is 0 Å². The third-order valence-corrected chi connectivity index (χ3v) is 3.59. The standard InChI is InChI=1S/C16H19N3O3/c1-2-7-19(8-9-20)16(21)17-12-5-6-13-14(10-12)22-15(18-13)11-3-4-11/h2,5-6,10-11,20H,1,3-4,7-9H2,(H,17,21). The molecule has 2 aromatic rings. The van der Waals surface area contributed by atoms with Crippen molar-refractivity contribution in [2.75, 3.05) is 25.0 Å². The van der Waals surface area contributed by atoms with E-state index >= 15 is 0 Å². The average Bonchev–Trinajstić information content (AvgIpc) is 3.27. The number of nitrogens with one attached hydrogen (secondary N) is 1. The molecule has 22 heavy (non-hydrogen) atoms. The van der Waals surface area contributed by atoms with Crippen molar-refractivity contribution in [3.05, 3.63) is 36.7 Å². The minimum Gasteiger partial charge on any atom is -0.440 e. The molecule has 1 heterocycles. The van der Waals surface area contributed by atoms with E-state index in [1.807, 2.05) is 6.07 Å².